The summed E-state index contributed by atoms with van der Waals surface area (Å²) in [4.78, 5) is 2.75. The minimum absolute atomic E-state index is 0.503. The lowest BCUT2D eigenvalue weighted by Crippen LogP contribution is -2.57. The second kappa shape index (κ2) is 6.16. The molecule has 5 rings (SSSR count). The third kappa shape index (κ3) is 2.83. The van der Waals surface area contributed by atoms with Crippen molar-refractivity contribution in [3.05, 3.63) is 35.4 Å². The van der Waals surface area contributed by atoms with Crippen LogP contribution < -0.4 is 0 Å². The molecule has 2 atom stereocenters. The van der Waals surface area contributed by atoms with Gasteiger partial charge in [-0.2, -0.15) is 0 Å². The van der Waals surface area contributed by atoms with Gasteiger partial charge in [0.2, 0.25) is 0 Å². The zero-order valence-corrected chi connectivity index (χ0v) is 16.0. The van der Waals surface area contributed by atoms with E-state index in [4.69, 9.17) is 0 Å². The molecule has 0 saturated heterocycles. The highest BCUT2D eigenvalue weighted by Gasteiger charge is 2.58. The van der Waals surface area contributed by atoms with E-state index in [0.717, 1.165) is 11.8 Å². The lowest BCUT2D eigenvalue weighted by molar-refractivity contribution is -0.0857. The van der Waals surface area contributed by atoms with Gasteiger partial charge < -0.3 is 4.90 Å². The fourth-order valence-corrected chi connectivity index (χ4v) is 7.02. The van der Waals surface area contributed by atoms with Crippen LogP contribution in [-0.4, -0.2) is 24.5 Å². The summed E-state index contributed by atoms with van der Waals surface area (Å²) in [6, 6.07) is 9.60. The topological polar surface area (TPSA) is 3.24 Å². The van der Waals surface area contributed by atoms with Crippen LogP contribution in [0.3, 0.4) is 0 Å². The number of aryl methyl sites for hydroxylation is 1. The highest BCUT2D eigenvalue weighted by atomic mass is 15.1. The third-order valence-corrected chi connectivity index (χ3v) is 7.39. The van der Waals surface area contributed by atoms with Crippen molar-refractivity contribution in [1.29, 1.82) is 0 Å². The van der Waals surface area contributed by atoms with Gasteiger partial charge in [-0.3, -0.25) is 0 Å². The molecule has 4 bridgehead atoms. The standard InChI is InChI=1S/C23H35N/c1-4-10-24(5-2)17-22-12-19-11-20(13-22)15-23(14-19,16-22)21-8-6-18(3)7-9-21/h6-9,19-20H,4-5,10-17H2,1-3H3. The first-order chi connectivity index (χ1) is 11.6. The maximum atomic E-state index is 2.75. The van der Waals surface area contributed by atoms with E-state index < -0.39 is 0 Å². The summed E-state index contributed by atoms with van der Waals surface area (Å²) in [5.74, 6) is 1.99. The van der Waals surface area contributed by atoms with Crippen molar-refractivity contribution in [3.8, 4) is 0 Å². The lowest BCUT2D eigenvalue weighted by atomic mass is 9.43. The monoisotopic (exact) mass is 325 g/mol. The first kappa shape index (κ1) is 16.6. The zero-order valence-electron chi connectivity index (χ0n) is 16.0. The molecule has 1 aromatic carbocycles. The predicted molar refractivity (Wildman–Crippen MR) is 102 cm³/mol. The largest absolute Gasteiger partial charge is 0.303 e. The average molecular weight is 326 g/mol. The summed E-state index contributed by atoms with van der Waals surface area (Å²) in [6.07, 6.45) is 10.2. The van der Waals surface area contributed by atoms with Gasteiger partial charge >= 0.3 is 0 Å². The molecule has 0 spiro atoms. The van der Waals surface area contributed by atoms with Crippen molar-refractivity contribution >= 4 is 0 Å². The number of hydrogen-bond donors (Lipinski definition) is 0. The van der Waals surface area contributed by atoms with Gasteiger partial charge in [0.1, 0.15) is 0 Å². The van der Waals surface area contributed by atoms with E-state index in [2.05, 4.69) is 49.9 Å². The number of rotatable bonds is 6. The Hall–Kier alpha value is -0.820. The summed E-state index contributed by atoms with van der Waals surface area (Å²) in [5, 5.41) is 0. The maximum Gasteiger partial charge on any atom is 0.00384 e. The Bertz CT molecular complexity index is 558. The number of hydrogen-bond acceptors (Lipinski definition) is 1. The van der Waals surface area contributed by atoms with Crippen LogP contribution in [0.2, 0.25) is 0 Å². The molecule has 0 aliphatic heterocycles. The van der Waals surface area contributed by atoms with Gasteiger partial charge in [0, 0.05) is 6.54 Å². The molecular weight excluding hydrogens is 290 g/mol. The van der Waals surface area contributed by atoms with Crippen LogP contribution in [0.5, 0.6) is 0 Å². The molecule has 4 saturated carbocycles. The molecule has 24 heavy (non-hydrogen) atoms. The van der Waals surface area contributed by atoms with Gasteiger partial charge in [-0.25, -0.2) is 0 Å². The quantitative estimate of drug-likeness (QED) is 0.661. The summed E-state index contributed by atoms with van der Waals surface area (Å²) in [7, 11) is 0. The average Bonchev–Trinajstić information content (AvgIpc) is 2.53. The molecule has 132 valence electrons. The molecule has 0 aromatic heterocycles. The first-order valence-electron chi connectivity index (χ1n) is 10.4. The van der Waals surface area contributed by atoms with E-state index in [1.807, 2.05) is 0 Å². The Balaban J connectivity index is 1.63. The molecule has 1 nitrogen and oxygen atoms in total. The minimum atomic E-state index is 0.503. The maximum absolute atomic E-state index is 2.75. The molecule has 0 N–H and O–H groups in total. The van der Waals surface area contributed by atoms with Crippen molar-refractivity contribution in [2.75, 3.05) is 19.6 Å². The Labute approximate surface area is 148 Å². The molecule has 0 amide bonds. The molecule has 1 heteroatoms. The highest BCUT2D eigenvalue weighted by Crippen LogP contribution is 2.65. The SMILES string of the molecule is CCCN(CC)CC12CC3CC(C1)CC(c1ccc(C)cc1)(C3)C2. The van der Waals surface area contributed by atoms with E-state index in [1.54, 1.807) is 5.56 Å². The van der Waals surface area contributed by atoms with Crippen LogP contribution >= 0.6 is 0 Å². The lowest BCUT2D eigenvalue weighted by Gasteiger charge is -2.63. The van der Waals surface area contributed by atoms with Gasteiger partial charge in [0.25, 0.3) is 0 Å². The fraction of sp³-hybridized carbons (Fsp3) is 0.739. The summed E-state index contributed by atoms with van der Waals surface area (Å²) < 4.78 is 0. The van der Waals surface area contributed by atoms with Gasteiger partial charge in [-0.1, -0.05) is 43.7 Å². The van der Waals surface area contributed by atoms with Crippen LogP contribution in [0.1, 0.15) is 69.9 Å². The van der Waals surface area contributed by atoms with Crippen molar-refractivity contribution in [2.45, 2.75) is 71.1 Å². The van der Waals surface area contributed by atoms with Crippen LogP contribution in [0.15, 0.2) is 24.3 Å². The Morgan fingerprint density at radius 3 is 2.25 bits per heavy atom. The zero-order chi connectivity index (χ0) is 16.8. The van der Waals surface area contributed by atoms with E-state index in [1.165, 1.54) is 70.1 Å². The van der Waals surface area contributed by atoms with E-state index in [0.29, 0.717) is 10.8 Å². The van der Waals surface area contributed by atoms with Gasteiger partial charge in [-0.15, -0.1) is 0 Å². The second-order valence-electron chi connectivity index (χ2n) is 9.48. The normalized spacial score (nSPS) is 37.3. The molecule has 1 aromatic rings. The smallest absolute Gasteiger partial charge is 0.00384 e. The van der Waals surface area contributed by atoms with E-state index >= 15 is 0 Å². The Morgan fingerprint density at radius 2 is 1.67 bits per heavy atom. The molecule has 2 unspecified atom stereocenters. The van der Waals surface area contributed by atoms with E-state index in [9.17, 15) is 0 Å². The summed E-state index contributed by atoms with van der Waals surface area (Å²) in [6.45, 7) is 10.8. The van der Waals surface area contributed by atoms with Crippen LogP contribution in [0.25, 0.3) is 0 Å². The van der Waals surface area contributed by atoms with Gasteiger partial charge in [0.05, 0.1) is 0 Å². The molecule has 4 aliphatic carbocycles. The second-order valence-corrected chi connectivity index (χ2v) is 9.48. The number of nitrogens with zero attached hydrogens (tertiary/aromatic N) is 1. The predicted octanol–water partition coefficient (Wildman–Crippen LogP) is 5.56. The highest BCUT2D eigenvalue weighted by molar-refractivity contribution is 5.32. The van der Waals surface area contributed by atoms with Crippen molar-refractivity contribution < 1.29 is 0 Å². The van der Waals surface area contributed by atoms with Gasteiger partial charge in [0.15, 0.2) is 0 Å². The third-order valence-electron chi connectivity index (χ3n) is 7.39. The summed E-state index contributed by atoms with van der Waals surface area (Å²) >= 11 is 0. The molecular formula is C23H35N. The fourth-order valence-electron chi connectivity index (χ4n) is 7.02. The summed E-state index contributed by atoms with van der Waals surface area (Å²) in [5.41, 5.74) is 4.17. The Morgan fingerprint density at radius 1 is 1.00 bits per heavy atom. The molecule has 4 aliphatic rings. The van der Waals surface area contributed by atoms with Crippen molar-refractivity contribution in [1.82, 2.24) is 4.90 Å². The Kier molecular flexibility index (Phi) is 4.27. The van der Waals surface area contributed by atoms with Crippen LogP contribution in [0, 0.1) is 24.2 Å². The van der Waals surface area contributed by atoms with Gasteiger partial charge in [-0.05, 0) is 93.2 Å². The molecule has 0 radical (unpaired) electrons. The minimum Gasteiger partial charge on any atom is -0.303 e. The van der Waals surface area contributed by atoms with Crippen LogP contribution in [0.4, 0.5) is 0 Å². The first-order valence-corrected chi connectivity index (χ1v) is 10.4. The number of benzene rings is 1. The molecule has 0 heterocycles. The molecule has 4 fully saturated rings. The van der Waals surface area contributed by atoms with E-state index in [-0.39, 0.29) is 0 Å². The van der Waals surface area contributed by atoms with Crippen molar-refractivity contribution in [3.63, 3.8) is 0 Å². The van der Waals surface area contributed by atoms with Crippen LogP contribution in [-0.2, 0) is 5.41 Å². The van der Waals surface area contributed by atoms with Crippen molar-refractivity contribution in [2.24, 2.45) is 17.3 Å².